The molecule has 1 aromatic carbocycles. The lowest BCUT2D eigenvalue weighted by Gasteiger charge is -2.17. The number of benzene rings is 1. The number of rotatable bonds is 4. The molecule has 1 heterocycles. The predicted molar refractivity (Wildman–Crippen MR) is 74.3 cm³/mol. The van der Waals surface area contributed by atoms with Gasteiger partial charge in [-0.15, -0.1) is 0 Å². The molecular formula is C14H17FN4. The Morgan fingerprint density at radius 1 is 1.37 bits per heavy atom. The van der Waals surface area contributed by atoms with Gasteiger partial charge in [0.15, 0.2) is 0 Å². The maximum absolute atomic E-state index is 13.2. The van der Waals surface area contributed by atoms with Gasteiger partial charge >= 0.3 is 0 Å². The lowest BCUT2D eigenvalue weighted by molar-refractivity contribution is 0.623. The molecule has 0 aliphatic carbocycles. The molecule has 2 rings (SSSR count). The van der Waals surface area contributed by atoms with Crippen LogP contribution >= 0.6 is 0 Å². The molecule has 0 bridgehead atoms. The highest BCUT2D eigenvalue weighted by atomic mass is 19.1. The van der Waals surface area contributed by atoms with Gasteiger partial charge in [-0.05, 0) is 31.0 Å². The molecule has 1 unspecified atom stereocenters. The lowest BCUT2D eigenvalue weighted by atomic mass is 10.1. The van der Waals surface area contributed by atoms with Crippen molar-refractivity contribution in [3.8, 4) is 0 Å². The fourth-order valence-electron chi connectivity index (χ4n) is 1.96. The zero-order chi connectivity index (χ0) is 13.8. The molecule has 1 aromatic heterocycles. The first-order chi connectivity index (χ1) is 9.11. The summed E-state index contributed by atoms with van der Waals surface area (Å²) in [6.07, 6.45) is 2.17. The van der Waals surface area contributed by atoms with E-state index in [1.807, 2.05) is 19.9 Å². The van der Waals surface area contributed by atoms with E-state index in [1.54, 1.807) is 6.07 Å². The SMILES string of the molecule is CCc1c(N)ncnc1NC(C)c1cccc(F)c1. The number of nitrogen functional groups attached to an aromatic ring is 1. The standard InChI is InChI=1S/C14H17FN4/c1-3-12-13(16)17-8-18-14(12)19-9(2)10-5-4-6-11(15)7-10/h4-9H,3H2,1-2H3,(H3,16,17,18,19). The number of hydrogen-bond acceptors (Lipinski definition) is 4. The number of hydrogen-bond donors (Lipinski definition) is 2. The van der Waals surface area contributed by atoms with Crippen molar-refractivity contribution in [1.82, 2.24) is 9.97 Å². The number of nitrogens with one attached hydrogen (secondary N) is 1. The normalized spacial score (nSPS) is 12.2. The summed E-state index contributed by atoms with van der Waals surface area (Å²) >= 11 is 0. The monoisotopic (exact) mass is 260 g/mol. The number of nitrogens with two attached hydrogens (primary N) is 1. The van der Waals surface area contributed by atoms with Gasteiger partial charge in [-0.1, -0.05) is 19.1 Å². The molecule has 19 heavy (non-hydrogen) atoms. The first-order valence-electron chi connectivity index (χ1n) is 6.23. The Morgan fingerprint density at radius 2 is 2.16 bits per heavy atom. The fourth-order valence-corrected chi connectivity index (χ4v) is 1.96. The zero-order valence-corrected chi connectivity index (χ0v) is 11.0. The van der Waals surface area contributed by atoms with Crippen molar-refractivity contribution >= 4 is 11.6 Å². The average Bonchev–Trinajstić information content (AvgIpc) is 2.39. The summed E-state index contributed by atoms with van der Waals surface area (Å²) < 4.78 is 13.2. The van der Waals surface area contributed by atoms with E-state index in [2.05, 4.69) is 15.3 Å². The van der Waals surface area contributed by atoms with Crippen LogP contribution < -0.4 is 11.1 Å². The number of aromatic nitrogens is 2. The maximum atomic E-state index is 13.2. The predicted octanol–water partition coefficient (Wildman–Crippen LogP) is 2.93. The van der Waals surface area contributed by atoms with Gasteiger partial charge in [0.05, 0.1) is 6.04 Å². The zero-order valence-electron chi connectivity index (χ0n) is 11.0. The van der Waals surface area contributed by atoms with Crippen LogP contribution in [0.25, 0.3) is 0 Å². The maximum Gasteiger partial charge on any atom is 0.135 e. The van der Waals surface area contributed by atoms with Crippen LogP contribution in [0.15, 0.2) is 30.6 Å². The molecule has 0 amide bonds. The quantitative estimate of drug-likeness (QED) is 0.887. The van der Waals surface area contributed by atoms with Crippen molar-refractivity contribution < 1.29 is 4.39 Å². The van der Waals surface area contributed by atoms with Gasteiger partial charge in [0, 0.05) is 5.56 Å². The van der Waals surface area contributed by atoms with Crippen LogP contribution in [0.5, 0.6) is 0 Å². The van der Waals surface area contributed by atoms with E-state index in [0.29, 0.717) is 11.6 Å². The Kier molecular flexibility index (Phi) is 3.94. The minimum atomic E-state index is -0.246. The molecule has 0 saturated carbocycles. The van der Waals surface area contributed by atoms with Crippen LogP contribution in [0.3, 0.4) is 0 Å². The summed E-state index contributed by atoms with van der Waals surface area (Å²) in [5.41, 5.74) is 7.56. The van der Waals surface area contributed by atoms with Crippen LogP contribution in [0, 0.1) is 5.82 Å². The molecule has 0 aliphatic heterocycles. The van der Waals surface area contributed by atoms with E-state index in [9.17, 15) is 4.39 Å². The van der Waals surface area contributed by atoms with E-state index in [-0.39, 0.29) is 11.9 Å². The van der Waals surface area contributed by atoms with E-state index >= 15 is 0 Å². The van der Waals surface area contributed by atoms with Gasteiger partial charge in [0.2, 0.25) is 0 Å². The summed E-state index contributed by atoms with van der Waals surface area (Å²) in [6.45, 7) is 3.94. The third kappa shape index (κ3) is 2.99. The summed E-state index contributed by atoms with van der Waals surface area (Å²) in [6, 6.07) is 6.44. The van der Waals surface area contributed by atoms with Gasteiger partial charge in [-0.25, -0.2) is 14.4 Å². The summed E-state index contributed by atoms with van der Waals surface area (Å²) in [4.78, 5) is 8.17. The van der Waals surface area contributed by atoms with Crippen LogP contribution in [-0.2, 0) is 6.42 Å². The van der Waals surface area contributed by atoms with E-state index < -0.39 is 0 Å². The Balaban J connectivity index is 2.24. The molecule has 1 atom stereocenters. The van der Waals surface area contributed by atoms with Crippen molar-refractivity contribution in [2.75, 3.05) is 11.1 Å². The average molecular weight is 260 g/mol. The first-order valence-corrected chi connectivity index (χ1v) is 6.23. The molecule has 100 valence electrons. The Labute approximate surface area is 111 Å². The highest BCUT2D eigenvalue weighted by molar-refractivity contribution is 5.55. The molecule has 0 aliphatic rings. The van der Waals surface area contributed by atoms with E-state index in [4.69, 9.17) is 5.73 Å². The molecule has 3 N–H and O–H groups in total. The summed E-state index contributed by atoms with van der Waals surface area (Å²) in [5, 5.41) is 3.25. The molecule has 0 saturated heterocycles. The number of nitrogens with zero attached hydrogens (tertiary/aromatic N) is 2. The fraction of sp³-hybridized carbons (Fsp3) is 0.286. The molecule has 2 aromatic rings. The number of halogens is 1. The van der Waals surface area contributed by atoms with Crippen molar-refractivity contribution in [2.45, 2.75) is 26.3 Å². The van der Waals surface area contributed by atoms with Crippen LogP contribution in [0.4, 0.5) is 16.0 Å². The number of anilines is 2. The summed E-state index contributed by atoms with van der Waals surface area (Å²) in [5.74, 6) is 0.933. The molecular weight excluding hydrogens is 243 g/mol. The molecule has 0 fully saturated rings. The topological polar surface area (TPSA) is 63.8 Å². The Bertz CT molecular complexity index is 571. The van der Waals surface area contributed by atoms with Gasteiger partial charge in [-0.3, -0.25) is 0 Å². The minimum Gasteiger partial charge on any atom is -0.383 e. The van der Waals surface area contributed by atoms with Gasteiger partial charge in [0.1, 0.15) is 23.8 Å². The van der Waals surface area contributed by atoms with E-state index in [1.165, 1.54) is 18.5 Å². The molecule has 0 radical (unpaired) electrons. The largest absolute Gasteiger partial charge is 0.383 e. The Hall–Kier alpha value is -2.17. The molecule has 5 heteroatoms. The molecule has 4 nitrogen and oxygen atoms in total. The molecule has 0 spiro atoms. The second-order valence-corrected chi connectivity index (χ2v) is 4.36. The van der Waals surface area contributed by atoms with Crippen LogP contribution in [0.2, 0.25) is 0 Å². The third-order valence-electron chi connectivity index (χ3n) is 3.03. The first kappa shape index (κ1) is 13.3. The van der Waals surface area contributed by atoms with Crippen molar-refractivity contribution in [3.05, 3.63) is 47.5 Å². The smallest absolute Gasteiger partial charge is 0.135 e. The van der Waals surface area contributed by atoms with E-state index in [0.717, 1.165) is 17.5 Å². The van der Waals surface area contributed by atoms with Crippen molar-refractivity contribution in [2.24, 2.45) is 0 Å². The third-order valence-corrected chi connectivity index (χ3v) is 3.03. The van der Waals surface area contributed by atoms with Gasteiger partial charge < -0.3 is 11.1 Å². The van der Waals surface area contributed by atoms with Crippen LogP contribution in [0.1, 0.15) is 31.0 Å². The van der Waals surface area contributed by atoms with Crippen molar-refractivity contribution in [3.63, 3.8) is 0 Å². The lowest BCUT2D eigenvalue weighted by Crippen LogP contribution is -2.12. The van der Waals surface area contributed by atoms with Gasteiger partial charge in [0.25, 0.3) is 0 Å². The highest BCUT2D eigenvalue weighted by Gasteiger charge is 2.11. The van der Waals surface area contributed by atoms with Crippen LogP contribution in [-0.4, -0.2) is 9.97 Å². The second kappa shape index (κ2) is 5.65. The minimum absolute atomic E-state index is 0.0599. The Morgan fingerprint density at radius 3 is 2.84 bits per heavy atom. The summed E-state index contributed by atoms with van der Waals surface area (Å²) in [7, 11) is 0. The van der Waals surface area contributed by atoms with Crippen molar-refractivity contribution in [1.29, 1.82) is 0 Å². The highest BCUT2D eigenvalue weighted by Crippen LogP contribution is 2.23. The second-order valence-electron chi connectivity index (χ2n) is 4.36. The van der Waals surface area contributed by atoms with Gasteiger partial charge in [-0.2, -0.15) is 0 Å².